The van der Waals surface area contributed by atoms with Crippen LogP contribution < -0.4 is 0 Å². The molecule has 17 heavy (non-hydrogen) atoms. The van der Waals surface area contributed by atoms with E-state index in [1.165, 1.54) is 24.2 Å². The van der Waals surface area contributed by atoms with E-state index in [0.717, 1.165) is 30.4 Å². The van der Waals surface area contributed by atoms with E-state index in [1.54, 1.807) is 0 Å². The van der Waals surface area contributed by atoms with Crippen molar-refractivity contribution in [3.8, 4) is 5.69 Å². The summed E-state index contributed by atoms with van der Waals surface area (Å²) in [6.45, 7) is 0. The lowest BCUT2D eigenvalue weighted by Crippen LogP contribution is -2.08. The number of hydrogen-bond donors (Lipinski definition) is 0. The van der Waals surface area contributed by atoms with Crippen LogP contribution in [0.5, 0.6) is 0 Å². The maximum absolute atomic E-state index is 11.1. The third kappa shape index (κ3) is 1.68. The van der Waals surface area contributed by atoms with Gasteiger partial charge in [0.05, 0.1) is 17.7 Å². The number of aldehydes is 1. The average molecular weight is 226 g/mol. The Kier molecular flexibility index (Phi) is 2.52. The first-order valence-electron chi connectivity index (χ1n) is 6.00. The van der Waals surface area contributed by atoms with Gasteiger partial charge in [-0.15, -0.1) is 0 Å². The Balaban J connectivity index is 2.15. The van der Waals surface area contributed by atoms with Gasteiger partial charge < -0.3 is 4.57 Å². The molecule has 0 spiro atoms. The van der Waals surface area contributed by atoms with Gasteiger partial charge in [0, 0.05) is 11.3 Å². The highest BCUT2D eigenvalue weighted by Gasteiger charge is 2.17. The predicted octanol–water partition coefficient (Wildman–Crippen LogP) is 2.56. The summed E-state index contributed by atoms with van der Waals surface area (Å²) in [4.78, 5) is 15.5. The molecular formula is C14H14N2O. The Bertz CT molecular complexity index is 557. The summed E-state index contributed by atoms with van der Waals surface area (Å²) in [6, 6.07) is 7.66. The van der Waals surface area contributed by atoms with Gasteiger partial charge in [0.2, 0.25) is 0 Å². The van der Waals surface area contributed by atoms with Gasteiger partial charge in [-0.25, -0.2) is 4.98 Å². The number of hydrogen-bond acceptors (Lipinski definition) is 2. The summed E-state index contributed by atoms with van der Waals surface area (Å²) in [6.07, 6.45) is 7.30. The molecule has 0 bridgehead atoms. The van der Waals surface area contributed by atoms with E-state index in [4.69, 9.17) is 0 Å². The van der Waals surface area contributed by atoms with Crippen LogP contribution in [0.3, 0.4) is 0 Å². The lowest BCUT2D eigenvalue weighted by atomic mass is 10.0. The Morgan fingerprint density at radius 1 is 1.18 bits per heavy atom. The molecule has 1 heterocycles. The Morgan fingerprint density at radius 3 is 2.88 bits per heavy atom. The van der Waals surface area contributed by atoms with E-state index in [0.29, 0.717) is 0 Å². The smallest absolute Gasteiger partial charge is 0.152 e. The predicted molar refractivity (Wildman–Crippen MR) is 65.6 cm³/mol. The van der Waals surface area contributed by atoms with Gasteiger partial charge in [0.25, 0.3) is 0 Å². The molecule has 0 atom stereocenters. The van der Waals surface area contributed by atoms with Crippen molar-refractivity contribution in [2.24, 2.45) is 0 Å². The van der Waals surface area contributed by atoms with Crippen LogP contribution in [0, 0.1) is 0 Å². The molecular weight excluding hydrogens is 212 g/mol. The number of benzene rings is 1. The fourth-order valence-electron chi connectivity index (χ4n) is 2.48. The molecule has 0 unspecified atom stereocenters. The van der Waals surface area contributed by atoms with Crippen molar-refractivity contribution in [3.63, 3.8) is 0 Å². The first-order chi connectivity index (χ1) is 8.40. The molecule has 0 amide bonds. The van der Waals surface area contributed by atoms with Crippen LogP contribution in [0.1, 0.15) is 34.6 Å². The van der Waals surface area contributed by atoms with Gasteiger partial charge in [-0.2, -0.15) is 0 Å². The zero-order valence-electron chi connectivity index (χ0n) is 9.60. The van der Waals surface area contributed by atoms with Crippen LogP contribution in [-0.4, -0.2) is 15.8 Å². The lowest BCUT2D eigenvalue weighted by Gasteiger charge is -2.14. The van der Waals surface area contributed by atoms with Gasteiger partial charge in [-0.1, -0.05) is 12.1 Å². The highest BCUT2D eigenvalue weighted by Crippen LogP contribution is 2.24. The summed E-state index contributed by atoms with van der Waals surface area (Å²) in [7, 11) is 0. The molecule has 0 radical (unpaired) electrons. The zero-order valence-corrected chi connectivity index (χ0v) is 9.60. The maximum atomic E-state index is 11.1. The van der Waals surface area contributed by atoms with Gasteiger partial charge in [-0.05, 0) is 37.8 Å². The fourth-order valence-corrected chi connectivity index (χ4v) is 2.48. The number of carbonyl (C=O) groups excluding carboxylic acids is 1. The number of aromatic nitrogens is 2. The Labute approximate surface area is 100 Å². The van der Waals surface area contributed by atoms with Crippen LogP contribution in [-0.2, 0) is 12.8 Å². The quantitative estimate of drug-likeness (QED) is 0.738. The molecule has 1 aliphatic rings. The van der Waals surface area contributed by atoms with E-state index in [1.807, 2.05) is 30.6 Å². The molecule has 1 aliphatic carbocycles. The van der Waals surface area contributed by atoms with Crippen molar-refractivity contribution >= 4 is 6.29 Å². The molecule has 2 aromatic rings. The van der Waals surface area contributed by atoms with E-state index in [9.17, 15) is 4.79 Å². The van der Waals surface area contributed by atoms with Gasteiger partial charge in [0.15, 0.2) is 6.29 Å². The molecule has 0 N–H and O–H groups in total. The fraction of sp³-hybridized carbons (Fsp3) is 0.286. The zero-order chi connectivity index (χ0) is 11.7. The lowest BCUT2D eigenvalue weighted by molar-refractivity contribution is 0.112. The van der Waals surface area contributed by atoms with Crippen LogP contribution >= 0.6 is 0 Å². The molecule has 0 fully saturated rings. The summed E-state index contributed by atoms with van der Waals surface area (Å²) in [5, 5.41) is 0. The van der Waals surface area contributed by atoms with Crippen molar-refractivity contribution in [3.05, 3.63) is 47.5 Å². The molecule has 1 aromatic heterocycles. The van der Waals surface area contributed by atoms with Crippen LogP contribution in [0.4, 0.5) is 0 Å². The standard InChI is InChI=1S/C14H14N2O/c17-9-11-5-1-3-7-13(11)16-10-15-12-6-2-4-8-14(12)16/h1,3,5,7,9-10H,2,4,6,8H2. The number of carbonyl (C=O) groups is 1. The SMILES string of the molecule is O=Cc1ccccc1-n1cnc2c1CCCC2. The molecule has 3 heteroatoms. The van der Waals surface area contributed by atoms with E-state index in [-0.39, 0.29) is 0 Å². The van der Waals surface area contributed by atoms with Crippen molar-refractivity contribution in [2.45, 2.75) is 25.7 Å². The van der Waals surface area contributed by atoms with Gasteiger partial charge in [-0.3, -0.25) is 4.79 Å². The minimum Gasteiger partial charge on any atom is -0.302 e. The second-order valence-electron chi connectivity index (χ2n) is 4.39. The molecule has 3 rings (SSSR count). The summed E-state index contributed by atoms with van der Waals surface area (Å²) < 4.78 is 2.07. The minimum absolute atomic E-state index is 0.721. The molecule has 0 saturated carbocycles. The highest BCUT2D eigenvalue weighted by atomic mass is 16.1. The first-order valence-corrected chi connectivity index (χ1v) is 6.00. The normalized spacial score (nSPS) is 14.4. The topological polar surface area (TPSA) is 34.9 Å². The Hall–Kier alpha value is -1.90. The first kappa shape index (κ1) is 10.3. The monoisotopic (exact) mass is 226 g/mol. The summed E-state index contributed by atoms with van der Waals surface area (Å²) >= 11 is 0. The molecule has 0 aliphatic heterocycles. The van der Waals surface area contributed by atoms with E-state index >= 15 is 0 Å². The van der Waals surface area contributed by atoms with Crippen molar-refractivity contribution in [1.82, 2.24) is 9.55 Å². The number of nitrogens with zero attached hydrogens (tertiary/aromatic N) is 2. The van der Waals surface area contributed by atoms with Gasteiger partial charge >= 0.3 is 0 Å². The second kappa shape index (κ2) is 4.17. The second-order valence-corrected chi connectivity index (χ2v) is 4.39. The van der Waals surface area contributed by atoms with Gasteiger partial charge in [0.1, 0.15) is 0 Å². The average Bonchev–Trinajstić information content (AvgIpc) is 2.82. The number of imidazole rings is 1. The number of para-hydroxylation sites is 1. The van der Waals surface area contributed by atoms with Crippen LogP contribution in [0.2, 0.25) is 0 Å². The highest BCUT2D eigenvalue weighted by molar-refractivity contribution is 5.80. The molecule has 0 saturated heterocycles. The summed E-state index contributed by atoms with van der Waals surface area (Å²) in [5.74, 6) is 0. The third-order valence-electron chi connectivity index (χ3n) is 3.35. The largest absolute Gasteiger partial charge is 0.302 e. The third-order valence-corrected chi connectivity index (χ3v) is 3.35. The van der Waals surface area contributed by atoms with E-state index < -0.39 is 0 Å². The van der Waals surface area contributed by atoms with Crippen molar-refractivity contribution in [2.75, 3.05) is 0 Å². The van der Waals surface area contributed by atoms with Crippen LogP contribution in [0.15, 0.2) is 30.6 Å². The minimum atomic E-state index is 0.721. The number of aryl methyl sites for hydroxylation is 1. The molecule has 86 valence electrons. The molecule has 1 aromatic carbocycles. The van der Waals surface area contributed by atoms with Crippen molar-refractivity contribution < 1.29 is 4.79 Å². The van der Waals surface area contributed by atoms with E-state index in [2.05, 4.69) is 9.55 Å². The van der Waals surface area contributed by atoms with Crippen molar-refractivity contribution in [1.29, 1.82) is 0 Å². The molecule has 3 nitrogen and oxygen atoms in total. The van der Waals surface area contributed by atoms with Crippen LogP contribution in [0.25, 0.3) is 5.69 Å². The summed E-state index contributed by atoms with van der Waals surface area (Å²) in [5.41, 5.74) is 4.12. The number of fused-ring (bicyclic) bond motifs is 1. The number of rotatable bonds is 2. The Morgan fingerprint density at radius 2 is 2.00 bits per heavy atom. The maximum Gasteiger partial charge on any atom is 0.152 e.